The van der Waals surface area contributed by atoms with Crippen molar-refractivity contribution in [2.75, 3.05) is 40.0 Å². The fraction of sp³-hybridized carbons (Fsp3) is 0.440. The van der Waals surface area contributed by atoms with Gasteiger partial charge in [-0.25, -0.2) is 0 Å². The van der Waals surface area contributed by atoms with Crippen LogP contribution in [0.15, 0.2) is 54.6 Å². The first-order valence-corrected chi connectivity index (χ1v) is 11.1. The van der Waals surface area contributed by atoms with Gasteiger partial charge in [-0.2, -0.15) is 0 Å². The van der Waals surface area contributed by atoms with Gasteiger partial charge in [0, 0.05) is 32.5 Å². The molecule has 2 aromatic rings. The second-order valence-electron chi connectivity index (χ2n) is 7.94. The second kappa shape index (κ2) is 12.2. The SMILES string of the molecule is COc1ccc([C@H](CNC(=O)CCC(=O)N[C@H](C)c2ccccc2)N2CCOCC2)cc1. The van der Waals surface area contributed by atoms with Crippen molar-refractivity contribution in [1.29, 1.82) is 0 Å². The summed E-state index contributed by atoms with van der Waals surface area (Å²) in [5.74, 6) is 0.546. The Balaban J connectivity index is 1.50. The summed E-state index contributed by atoms with van der Waals surface area (Å²) >= 11 is 0. The van der Waals surface area contributed by atoms with E-state index >= 15 is 0 Å². The Kier molecular flexibility index (Phi) is 9.07. The Labute approximate surface area is 190 Å². The van der Waals surface area contributed by atoms with Crippen molar-refractivity contribution in [3.05, 3.63) is 65.7 Å². The molecule has 0 aromatic heterocycles. The van der Waals surface area contributed by atoms with E-state index in [1.807, 2.05) is 61.5 Å². The summed E-state index contributed by atoms with van der Waals surface area (Å²) in [5.41, 5.74) is 2.15. The molecule has 2 aromatic carbocycles. The van der Waals surface area contributed by atoms with Gasteiger partial charge in [-0.05, 0) is 30.2 Å². The number of carbonyl (C=O) groups excluding carboxylic acids is 2. The maximum atomic E-state index is 12.5. The smallest absolute Gasteiger partial charge is 0.220 e. The van der Waals surface area contributed by atoms with Gasteiger partial charge in [-0.15, -0.1) is 0 Å². The van der Waals surface area contributed by atoms with E-state index in [1.54, 1.807) is 7.11 Å². The van der Waals surface area contributed by atoms with Crippen LogP contribution in [-0.2, 0) is 14.3 Å². The van der Waals surface area contributed by atoms with E-state index in [0.29, 0.717) is 19.8 Å². The molecule has 3 rings (SSSR count). The Hall–Kier alpha value is -2.90. The quantitative estimate of drug-likeness (QED) is 0.595. The minimum atomic E-state index is -0.128. The number of hydrogen-bond acceptors (Lipinski definition) is 5. The van der Waals surface area contributed by atoms with Gasteiger partial charge in [0.1, 0.15) is 5.75 Å². The molecule has 1 aliphatic heterocycles. The van der Waals surface area contributed by atoms with Crippen LogP contribution >= 0.6 is 0 Å². The average molecular weight is 440 g/mol. The highest BCUT2D eigenvalue weighted by Crippen LogP contribution is 2.23. The summed E-state index contributed by atoms with van der Waals surface area (Å²) in [6.07, 6.45) is 0.319. The van der Waals surface area contributed by atoms with Crippen molar-refractivity contribution >= 4 is 11.8 Å². The van der Waals surface area contributed by atoms with E-state index in [1.165, 1.54) is 0 Å². The zero-order valence-electron chi connectivity index (χ0n) is 18.9. The van der Waals surface area contributed by atoms with Gasteiger partial charge in [-0.3, -0.25) is 14.5 Å². The number of rotatable bonds is 10. The Bertz CT molecular complexity index is 851. The number of nitrogens with zero attached hydrogens (tertiary/aromatic N) is 1. The van der Waals surface area contributed by atoms with Gasteiger partial charge in [0.25, 0.3) is 0 Å². The third-order valence-corrected chi connectivity index (χ3v) is 5.74. The number of amides is 2. The molecule has 1 aliphatic rings. The van der Waals surface area contributed by atoms with Gasteiger partial charge >= 0.3 is 0 Å². The highest BCUT2D eigenvalue weighted by molar-refractivity contribution is 5.83. The summed E-state index contributed by atoms with van der Waals surface area (Å²) in [6, 6.07) is 17.7. The monoisotopic (exact) mass is 439 g/mol. The first-order chi connectivity index (χ1) is 15.6. The van der Waals surface area contributed by atoms with E-state index in [2.05, 4.69) is 15.5 Å². The zero-order chi connectivity index (χ0) is 22.8. The zero-order valence-corrected chi connectivity index (χ0v) is 18.9. The maximum Gasteiger partial charge on any atom is 0.220 e. The molecule has 32 heavy (non-hydrogen) atoms. The Morgan fingerprint density at radius 1 is 0.969 bits per heavy atom. The van der Waals surface area contributed by atoms with Gasteiger partial charge in [0.2, 0.25) is 11.8 Å². The number of nitrogens with one attached hydrogen (secondary N) is 2. The Morgan fingerprint density at radius 3 is 2.28 bits per heavy atom. The first kappa shape index (κ1) is 23.8. The van der Waals surface area contributed by atoms with Crippen LogP contribution in [0, 0.1) is 0 Å². The lowest BCUT2D eigenvalue weighted by Crippen LogP contribution is -2.44. The fourth-order valence-electron chi connectivity index (χ4n) is 3.84. The van der Waals surface area contributed by atoms with Crippen LogP contribution in [0.3, 0.4) is 0 Å². The summed E-state index contributed by atoms with van der Waals surface area (Å²) < 4.78 is 10.7. The average Bonchev–Trinajstić information content (AvgIpc) is 2.84. The van der Waals surface area contributed by atoms with E-state index in [0.717, 1.165) is 30.0 Å². The topological polar surface area (TPSA) is 79.9 Å². The highest BCUT2D eigenvalue weighted by atomic mass is 16.5. The molecule has 0 radical (unpaired) electrons. The molecule has 7 heteroatoms. The molecule has 0 spiro atoms. The number of hydrogen-bond donors (Lipinski definition) is 2. The van der Waals surface area contributed by atoms with Crippen molar-refractivity contribution in [3.8, 4) is 5.75 Å². The number of benzene rings is 2. The lowest BCUT2D eigenvalue weighted by atomic mass is 10.0. The van der Waals surface area contributed by atoms with Crippen LogP contribution in [0.25, 0.3) is 0 Å². The van der Waals surface area contributed by atoms with E-state index in [9.17, 15) is 9.59 Å². The van der Waals surface area contributed by atoms with Crippen LogP contribution in [0.4, 0.5) is 0 Å². The largest absolute Gasteiger partial charge is 0.497 e. The highest BCUT2D eigenvalue weighted by Gasteiger charge is 2.23. The normalized spacial score (nSPS) is 16.1. The van der Waals surface area contributed by atoms with Gasteiger partial charge in [-0.1, -0.05) is 42.5 Å². The molecule has 0 bridgehead atoms. The molecular weight excluding hydrogens is 406 g/mol. The van der Waals surface area contributed by atoms with Crippen LogP contribution in [0.2, 0.25) is 0 Å². The number of ether oxygens (including phenoxy) is 2. The third kappa shape index (κ3) is 7.07. The Morgan fingerprint density at radius 2 is 1.62 bits per heavy atom. The third-order valence-electron chi connectivity index (χ3n) is 5.74. The van der Waals surface area contributed by atoms with E-state index in [4.69, 9.17) is 9.47 Å². The van der Waals surface area contributed by atoms with Crippen LogP contribution < -0.4 is 15.4 Å². The lowest BCUT2D eigenvalue weighted by molar-refractivity contribution is -0.127. The molecule has 1 heterocycles. The summed E-state index contributed by atoms with van der Waals surface area (Å²) in [7, 11) is 1.64. The number of methoxy groups -OCH3 is 1. The molecule has 2 N–H and O–H groups in total. The van der Waals surface area contributed by atoms with Crippen molar-refractivity contribution in [2.45, 2.75) is 31.8 Å². The molecule has 1 saturated heterocycles. The molecule has 1 fully saturated rings. The molecule has 172 valence electrons. The molecule has 0 aliphatic carbocycles. The van der Waals surface area contributed by atoms with Crippen molar-refractivity contribution in [3.63, 3.8) is 0 Å². The van der Waals surface area contributed by atoms with Gasteiger partial charge < -0.3 is 20.1 Å². The molecule has 2 atom stereocenters. The predicted molar refractivity (Wildman–Crippen MR) is 123 cm³/mol. The van der Waals surface area contributed by atoms with Crippen molar-refractivity contribution in [1.82, 2.24) is 15.5 Å². The lowest BCUT2D eigenvalue weighted by Gasteiger charge is -2.35. The van der Waals surface area contributed by atoms with Crippen LogP contribution in [0.1, 0.15) is 43.0 Å². The summed E-state index contributed by atoms with van der Waals surface area (Å²) in [4.78, 5) is 27.1. The standard InChI is InChI=1S/C25H33N3O4/c1-19(20-6-4-3-5-7-20)27-25(30)13-12-24(29)26-18-23(28-14-16-32-17-15-28)21-8-10-22(31-2)11-9-21/h3-11,19,23H,12-18H2,1-2H3,(H,26,29)(H,27,30)/t19-,23+/m1/s1. The maximum absolute atomic E-state index is 12.5. The van der Waals surface area contributed by atoms with E-state index < -0.39 is 0 Å². The summed E-state index contributed by atoms with van der Waals surface area (Å²) in [6.45, 7) is 5.40. The van der Waals surface area contributed by atoms with Crippen LogP contribution in [-0.4, -0.2) is 56.7 Å². The van der Waals surface area contributed by atoms with Gasteiger partial charge in [0.15, 0.2) is 0 Å². The first-order valence-electron chi connectivity index (χ1n) is 11.1. The second-order valence-corrected chi connectivity index (χ2v) is 7.94. The molecule has 0 unspecified atom stereocenters. The minimum absolute atomic E-state index is 0.0423. The van der Waals surface area contributed by atoms with Crippen molar-refractivity contribution in [2.24, 2.45) is 0 Å². The molecule has 2 amide bonds. The predicted octanol–water partition coefficient (Wildman–Crippen LogP) is 2.84. The van der Waals surface area contributed by atoms with Gasteiger partial charge in [0.05, 0.1) is 32.4 Å². The summed E-state index contributed by atoms with van der Waals surface area (Å²) in [5, 5.41) is 5.97. The number of morpholine rings is 1. The van der Waals surface area contributed by atoms with Crippen LogP contribution in [0.5, 0.6) is 5.75 Å². The fourth-order valence-corrected chi connectivity index (χ4v) is 3.84. The van der Waals surface area contributed by atoms with E-state index in [-0.39, 0.29) is 36.7 Å². The molecular formula is C25H33N3O4. The minimum Gasteiger partial charge on any atom is -0.497 e. The number of carbonyl (C=O) groups is 2. The molecule has 0 saturated carbocycles. The van der Waals surface area contributed by atoms with Crippen molar-refractivity contribution < 1.29 is 19.1 Å². The molecule has 7 nitrogen and oxygen atoms in total.